The molecule has 1 unspecified atom stereocenters. The van der Waals surface area contributed by atoms with Gasteiger partial charge in [-0.05, 0) is 49.5 Å². The molecule has 1 aliphatic rings. The van der Waals surface area contributed by atoms with Gasteiger partial charge in [0.05, 0.1) is 19.6 Å². The van der Waals surface area contributed by atoms with Gasteiger partial charge in [-0.2, -0.15) is 0 Å². The summed E-state index contributed by atoms with van der Waals surface area (Å²) < 4.78 is 4.72. The third kappa shape index (κ3) is 6.67. The first kappa shape index (κ1) is 20.7. The minimum absolute atomic E-state index is 0. The highest BCUT2D eigenvalue weighted by Gasteiger charge is 2.20. The van der Waals surface area contributed by atoms with Crippen LogP contribution in [-0.2, 0) is 14.3 Å². The number of rotatable bonds is 7. The van der Waals surface area contributed by atoms with Crippen LogP contribution in [0.2, 0.25) is 5.02 Å². The van der Waals surface area contributed by atoms with Gasteiger partial charge in [0.1, 0.15) is 0 Å². The number of methoxy groups -OCH3 is 1. The molecule has 0 saturated carbocycles. The fourth-order valence-electron chi connectivity index (χ4n) is 2.76. The summed E-state index contributed by atoms with van der Waals surface area (Å²) in [6.45, 7) is 2.01. The topological polar surface area (TPSA) is 67.4 Å². The summed E-state index contributed by atoms with van der Waals surface area (Å²) in [5, 5.41) is 6.85. The molecule has 1 aromatic carbocycles. The van der Waals surface area contributed by atoms with Crippen molar-refractivity contribution in [2.45, 2.75) is 31.7 Å². The molecular weight excluding hydrogens is 351 g/mol. The standard InChI is InChI=1S/C17H23ClN2O3.ClH/c1-23-17(22)10-15(13-3-5-14(18)6-4-13)20-16(21)7-2-12-8-9-19-11-12;/h3-6,12,15,19H,2,7-11H2,1H3,(H,20,21);1H/t12?,15-;/m0./s1. The SMILES string of the molecule is COC(=O)C[C@H](NC(=O)CCC1CCNC1)c1ccc(Cl)cc1.Cl. The average Bonchev–Trinajstić information content (AvgIpc) is 3.06. The second-order valence-corrected chi connectivity index (χ2v) is 6.29. The molecular formula is C17H24Cl2N2O3. The van der Waals surface area contributed by atoms with E-state index in [1.807, 2.05) is 12.1 Å². The van der Waals surface area contributed by atoms with E-state index >= 15 is 0 Å². The van der Waals surface area contributed by atoms with E-state index in [1.165, 1.54) is 7.11 Å². The van der Waals surface area contributed by atoms with Crippen LogP contribution in [0.3, 0.4) is 0 Å². The van der Waals surface area contributed by atoms with Crippen LogP contribution < -0.4 is 10.6 Å². The highest BCUT2D eigenvalue weighted by Crippen LogP contribution is 2.21. The third-order valence-electron chi connectivity index (χ3n) is 4.15. The number of benzene rings is 1. The quantitative estimate of drug-likeness (QED) is 0.720. The third-order valence-corrected chi connectivity index (χ3v) is 4.40. The maximum Gasteiger partial charge on any atom is 0.307 e. The highest BCUT2D eigenvalue weighted by molar-refractivity contribution is 6.30. The van der Waals surface area contributed by atoms with Crippen LogP contribution in [0.5, 0.6) is 0 Å². The van der Waals surface area contributed by atoms with Gasteiger partial charge in [0.2, 0.25) is 5.91 Å². The summed E-state index contributed by atoms with van der Waals surface area (Å²) in [5.41, 5.74) is 0.843. The van der Waals surface area contributed by atoms with Crippen molar-refractivity contribution in [3.8, 4) is 0 Å². The molecule has 1 heterocycles. The van der Waals surface area contributed by atoms with Gasteiger partial charge in [-0.15, -0.1) is 12.4 Å². The Hall–Kier alpha value is -1.30. The van der Waals surface area contributed by atoms with Crippen molar-refractivity contribution < 1.29 is 14.3 Å². The Morgan fingerprint density at radius 3 is 2.67 bits per heavy atom. The minimum Gasteiger partial charge on any atom is -0.469 e. The average molecular weight is 375 g/mol. The first-order valence-corrected chi connectivity index (χ1v) is 8.28. The lowest BCUT2D eigenvalue weighted by Crippen LogP contribution is -2.30. The highest BCUT2D eigenvalue weighted by atomic mass is 35.5. The molecule has 2 N–H and O–H groups in total. The number of hydrogen-bond acceptors (Lipinski definition) is 4. The molecule has 0 aromatic heterocycles. The first-order chi connectivity index (χ1) is 11.1. The van der Waals surface area contributed by atoms with Crippen molar-refractivity contribution in [2.75, 3.05) is 20.2 Å². The van der Waals surface area contributed by atoms with E-state index < -0.39 is 6.04 Å². The molecule has 1 aromatic rings. The van der Waals surface area contributed by atoms with E-state index in [1.54, 1.807) is 12.1 Å². The fraction of sp³-hybridized carbons (Fsp3) is 0.529. The van der Waals surface area contributed by atoms with Crippen LogP contribution in [0.15, 0.2) is 24.3 Å². The van der Waals surface area contributed by atoms with E-state index in [0.717, 1.165) is 31.5 Å². The number of esters is 1. The Morgan fingerprint density at radius 1 is 1.38 bits per heavy atom. The van der Waals surface area contributed by atoms with Gasteiger partial charge in [0, 0.05) is 11.4 Å². The predicted molar refractivity (Wildman–Crippen MR) is 96.4 cm³/mol. The van der Waals surface area contributed by atoms with Gasteiger partial charge in [0.25, 0.3) is 0 Å². The molecule has 1 saturated heterocycles. The molecule has 0 radical (unpaired) electrons. The van der Waals surface area contributed by atoms with Gasteiger partial charge in [-0.3, -0.25) is 9.59 Å². The van der Waals surface area contributed by atoms with E-state index in [4.69, 9.17) is 16.3 Å². The molecule has 134 valence electrons. The lowest BCUT2D eigenvalue weighted by molar-refractivity contribution is -0.141. The maximum absolute atomic E-state index is 12.2. The van der Waals surface area contributed by atoms with Crippen LogP contribution in [0.1, 0.15) is 37.3 Å². The zero-order valence-corrected chi connectivity index (χ0v) is 15.3. The summed E-state index contributed by atoms with van der Waals surface area (Å²) in [7, 11) is 1.34. The van der Waals surface area contributed by atoms with Crippen molar-refractivity contribution in [1.29, 1.82) is 0 Å². The van der Waals surface area contributed by atoms with Crippen LogP contribution in [0.4, 0.5) is 0 Å². The predicted octanol–water partition coefficient (Wildman–Crippen LogP) is 2.87. The number of ether oxygens (including phenoxy) is 1. The van der Waals surface area contributed by atoms with Gasteiger partial charge in [0.15, 0.2) is 0 Å². The number of carbonyl (C=O) groups is 2. The minimum atomic E-state index is -0.395. The molecule has 0 spiro atoms. The van der Waals surface area contributed by atoms with Crippen LogP contribution in [0, 0.1) is 5.92 Å². The monoisotopic (exact) mass is 374 g/mol. The molecule has 7 heteroatoms. The second-order valence-electron chi connectivity index (χ2n) is 5.85. The van der Waals surface area contributed by atoms with Gasteiger partial charge < -0.3 is 15.4 Å². The Bertz CT molecular complexity index is 531. The van der Waals surface area contributed by atoms with Crippen molar-refractivity contribution in [2.24, 2.45) is 5.92 Å². The van der Waals surface area contributed by atoms with Gasteiger partial charge in [-0.25, -0.2) is 0 Å². The summed E-state index contributed by atoms with van der Waals surface area (Å²) in [4.78, 5) is 23.8. The van der Waals surface area contributed by atoms with Crippen molar-refractivity contribution in [1.82, 2.24) is 10.6 Å². The smallest absolute Gasteiger partial charge is 0.307 e. The number of carbonyl (C=O) groups excluding carboxylic acids is 2. The van der Waals surface area contributed by atoms with Gasteiger partial charge >= 0.3 is 5.97 Å². The number of amides is 1. The number of halogens is 2. The van der Waals surface area contributed by atoms with E-state index in [9.17, 15) is 9.59 Å². The molecule has 1 aliphatic heterocycles. The van der Waals surface area contributed by atoms with Crippen LogP contribution in [-0.4, -0.2) is 32.1 Å². The maximum atomic E-state index is 12.2. The summed E-state index contributed by atoms with van der Waals surface area (Å²) in [6.07, 6.45) is 2.56. The summed E-state index contributed by atoms with van der Waals surface area (Å²) >= 11 is 5.89. The molecule has 0 bridgehead atoms. The fourth-order valence-corrected chi connectivity index (χ4v) is 2.89. The van der Waals surface area contributed by atoms with Gasteiger partial charge in [-0.1, -0.05) is 23.7 Å². The van der Waals surface area contributed by atoms with E-state index in [2.05, 4.69) is 10.6 Å². The number of hydrogen-bond donors (Lipinski definition) is 2. The molecule has 5 nitrogen and oxygen atoms in total. The number of nitrogens with one attached hydrogen (secondary N) is 2. The zero-order valence-electron chi connectivity index (χ0n) is 13.7. The molecule has 24 heavy (non-hydrogen) atoms. The van der Waals surface area contributed by atoms with E-state index in [-0.39, 0.29) is 30.7 Å². The second kappa shape index (κ2) is 10.5. The Balaban J connectivity index is 0.00000288. The Morgan fingerprint density at radius 2 is 2.08 bits per heavy atom. The first-order valence-electron chi connectivity index (χ1n) is 7.91. The lowest BCUT2D eigenvalue weighted by Gasteiger charge is -2.19. The summed E-state index contributed by atoms with van der Waals surface area (Å²) in [6, 6.07) is 6.73. The Kier molecular flexibility index (Phi) is 9.11. The van der Waals surface area contributed by atoms with Crippen LogP contribution in [0.25, 0.3) is 0 Å². The van der Waals surface area contributed by atoms with Crippen molar-refractivity contribution in [3.63, 3.8) is 0 Å². The largest absolute Gasteiger partial charge is 0.469 e. The lowest BCUT2D eigenvalue weighted by atomic mass is 10.0. The van der Waals surface area contributed by atoms with Crippen molar-refractivity contribution >= 4 is 35.9 Å². The molecule has 0 aliphatic carbocycles. The molecule has 2 rings (SSSR count). The zero-order chi connectivity index (χ0) is 16.7. The molecule has 1 amide bonds. The normalized spacial score (nSPS) is 17.7. The molecule has 1 fully saturated rings. The summed E-state index contributed by atoms with van der Waals surface area (Å²) in [5.74, 6) is 0.168. The Labute approximate surface area is 153 Å². The molecule has 2 atom stereocenters. The van der Waals surface area contributed by atoms with Crippen LogP contribution >= 0.6 is 24.0 Å². The van der Waals surface area contributed by atoms with E-state index in [0.29, 0.717) is 17.4 Å². The van der Waals surface area contributed by atoms with Crippen molar-refractivity contribution in [3.05, 3.63) is 34.9 Å².